The molecule has 184 valence electrons. The van der Waals surface area contributed by atoms with E-state index in [1.54, 1.807) is 38.6 Å². The number of likely N-dealkylation sites (N-methyl/N-ethyl adjacent to an activating group) is 1. The zero-order valence-electron chi connectivity index (χ0n) is 20.9. The summed E-state index contributed by atoms with van der Waals surface area (Å²) in [4.78, 5) is 40.9. The van der Waals surface area contributed by atoms with E-state index in [4.69, 9.17) is 4.74 Å². The van der Waals surface area contributed by atoms with Crippen molar-refractivity contribution in [1.82, 2.24) is 15.5 Å². The SMILES string of the molecule is C=Cc1cccc(C(C(=O)NC(C)C)N(CC)C(=O)C(CCSC)NC(=O)OC(C)(C)C)c1. The molecule has 0 saturated heterocycles. The van der Waals surface area contributed by atoms with Gasteiger partial charge in [0.15, 0.2) is 0 Å². The van der Waals surface area contributed by atoms with Crippen LogP contribution in [0, 0.1) is 0 Å². The van der Waals surface area contributed by atoms with E-state index in [0.717, 1.165) is 5.56 Å². The molecule has 0 heterocycles. The Balaban J connectivity index is 3.35. The third-order valence-corrected chi connectivity index (χ3v) is 5.32. The first kappa shape index (κ1) is 28.6. The average Bonchev–Trinajstić information content (AvgIpc) is 2.72. The lowest BCUT2D eigenvalue weighted by atomic mass is 10.00. The number of carbonyl (C=O) groups excluding carboxylic acids is 3. The molecule has 3 amide bonds. The van der Waals surface area contributed by atoms with Crippen molar-refractivity contribution in [3.63, 3.8) is 0 Å². The minimum Gasteiger partial charge on any atom is -0.444 e. The smallest absolute Gasteiger partial charge is 0.408 e. The van der Waals surface area contributed by atoms with Crippen LogP contribution in [0.15, 0.2) is 30.8 Å². The molecule has 0 bridgehead atoms. The van der Waals surface area contributed by atoms with Crippen molar-refractivity contribution in [3.05, 3.63) is 42.0 Å². The second-order valence-corrected chi connectivity index (χ2v) is 10.0. The summed E-state index contributed by atoms with van der Waals surface area (Å²) in [6, 6.07) is 5.65. The van der Waals surface area contributed by atoms with Crippen molar-refractivity contribution >= 4 is 35.7 Å². The molecule has 0 saturated carbocycles. The number of nitrogens with zero attached hydrogens (tertiary/aromatic N) is 1. The number of hydrogen-bond donors (Lipinski definition) is 2. The quantitative estimate of drug-likeness (QED) is 0.494. The second kappa shape index (κ2) is 13.3. The van der Waals surface area contributed by atoms with Crippen LogP contribution < -0.4 is 10.6 Å². The zero-order chi connectivity index (χ0) is 25.2. The number of nitrogens with one attached hydrogen (secondary N) is 2. The molecule has 0 radical (unpaired) electrons. The Morgan fingerprint density at radius 1 is 1.21 bits per heavy atom. The molecule has 0 aliphatic carbocycles. The van der Waals surface area contributed by atoms with E-state index in [2.05, 4.69) is 17.2 Å². The van der Waals surface area contributed by atoms with E-state index in [1.807, 2.05) is 51.3 Å². The van der Waals surface area contributed by atoms with Crippen LogP contribution >= 0.6 is 11.8 Å². The highest BCUT2D eigenvalue weighted by Crippen LogP contribution is 2.24. The monoisotopic (exact) mass is 477 g/mol. The van der Waals surface area contributed by atoms with Gasteiger partial charge in [0.2, 0.25) is 11.8 Å². The molecule has 1 rings (SSSR count). The fourth-order valence-electron chi connectivity index (χ4n) is 3.30. The minimum absolute atomic E-state index is 0.0939. The number of rotatable bonds is 11. The van der Waals surface area contributed by atoms with Gasteiger partial charge in [0, 0.05) is 12.6 Å². The molecule has 0 aromatic heterocycles. The largest absolute Gasteiger partial charge is 0.444 e. The summed E-state index contributed by atoms with van der Waals surface area (Å²) >= 11 is 1.58. The van der Waals surface area contributed by atoms with Crippen LogP contribution in [0.2, 0.25) is 0 Å². The van der Waals surface area contributed by atoms with Gasteiger partial charge in [-0.05, 0) is 77.2 Å². The van der Waals surface area contributed by atoms with Crippen LogP contribution in [0.3, 0.4) is 0 Å². The van der Waals surface area contributed by atoms with Crippen molar-refractivity contribution in [2.75, 3.05) is 18.6 Å². The number of ether oxygens (including phenoxy) is 1. The number of amides is 3. The molecule has 2 atom stereocenters. The maximum absolute atomic E-state index is 13.7. The average molecular weight is 478 g/mol. The highest BCUT2D eigenvalue weighted by molar-refractivity contribution is 7.98. The summed E-state index contributed by atoms with van der Waals surface area (Å²) in [5, 5.41) is 5.65. The fraction of sp³-hybridized carbons (Fsp3) is 0.560. The van der Waals surface area contributed by atoms with E-state index >= 15 is 0 Å². The normalized spacial score (nSPS) is 13.1. The molecular weight excluding hydrogens is 438 g/mol. The van der Waals surface area contributed by atoms with Crippen LogP contribution in [-0.4, -0.2) is 59.0 Å². The summed E-state index contributed by atoms with van der Waals surface area (Å²) < 4.78 is 5.37. The summed E-state index contributed by atoms with van der Waals surface area (Å²) in [5.74, 6) is 0.0612. The predicted molar refractivity (Wildman–Crippen MR) is 136 cm³/mol. The first-order valence-corrected chi connectivity index (χ1v) is 12.6. The summed E-state index contributed by atoms with van der Waals surface area (Å²) in [6.45, 7) is 15.0. The van der Waals surface area contributed by atoms with Crippen LogP contribution in [0.1, 0.15) is 65.1 Å². The highest BCUT2D eigenvalue weighted by Gasteiger charge is 2.35. The first-order valence-electron chi connectivity index (χ1n) is 11.2. The first-order chi connectivity index (χ1) is 15.4. The topological polar surface area (TPSA) is 87.7 Å². The van der Waals surface area contributed by atoms with Crippen LogP contribution in [0.4, 0.5) is 4.79 Å². The Bertz CT molecular complexity index is 820. The molecule has 0 aliphatic heterocycles. The molecule has 0 fully saturated rings. The molecule has 33 heavy (non-hydrogen) atoms. The number of thioether (sulfide) groups is 1. The van der Waals surface area contributed by atoms with Gasteiger partial charge in [-0.15, -0.1) is 0 Å². The number of hydrogen-bond acceptors (Lipinski definition) is 5. The predicted octanol–water partition coefficient (Wildman–Crippen LogP) is 4.39. The molecule has 2 unspecified atom stereocenters. The third kappa shape index (κ3) is 9.50. The molecule has 2 N–H and O–H groups in total. The Kier molecular flexibility index (Phi) is 11.5. The molecule has 8 heteroatoms. The molecule has 1 aromatic carbocycles. The van der Waals surface area contributed by atoms with Gasteiger partial charge < -0.3 is 20.3 Å². The molecule has 0 aliphatic rings. The maximum Gasteiger partial charge on any atom is 0.408 e. The lowest BCUT2D eigenvalue weighted by Gasteiger charge is -2.34. The summed E-state index contributed by atoms with van der Waals surface area (Å²) in [6.07, 6.45) is 3.40. The highest BCUT2D eigenvalue weighted by atomic mass is 32.2. The molecule has 0 spiro atoms. The lowest BCUT2D eigenvalue weighted by molar-refractivity contribution is -0.142. The fourth-order valence-corrected chi connectivity index (χ4v) is 3.77. The number of alkyl carbamates (subject to hydrolysis) is 1. The van der Waals surface area contributed by atoms with Crippen molar-refractivity contribution < 1.29 is 19.1 Å². The standard InChI is InChI=1S/C25H39N3O4S/c1-9-18-12-11-13-19(16-18)21(22(29)26-17(3)4)28(10-2)23(30)20(14-15-33-8)27-24(31)32-25(5,6)7/h9,11-13,16-17,20-21H,1,10,14-15H2,2-8H3,(H,26,29)(H,27,31). The van der Waals surface area contributed by atoms with Gasteiger partial charge in [0.05, 0.1) is 0 Å². The third-order valence-electron chi connectivity index (χ3n) is 4.68. The summed E-state index contributed by atoms with van der Waals surface area (Å²) in [7, 11) is 0. The summed E-state index contributed by atoms with van der Waals surface area (Å²) in [5.41, 5.74) is 0.845. The van der Waals surface area contributed by atoms with Gasteiger partial charge >= 0.3 is 6.09 Å². The van der Waals surface area contributed by atoms with Gasteiger partial charge in [-0.25, -0.2) is 4.79 Å². The Morgan fingerprint density at radius 2 is 1.88 bits per heavy atom. The van der Waals surface area contributed by atoms with Crippen molar-refractivity contribution in [2.45, 2.75) is 71.7 Å². The van der Waals surface area contributed by atoms with Gasteiger partial charge in [-0.2, -0.15) is 11.8 Å². The van der Waals surface area contributed by atoms with E-state index in [1.165, 1.54) is 4.90 Å². The van der Waals surface area contributed by atoms with Crippen molar-refractivity contribution in [3.8, 4) is 0 Å². The van der Waals surface area contributed by atoms with Crippen LogP contribution in [0.5, 0.6) is 0 Å². The van der Waals surface area contributed by atoms with E-state index in [0.29, 0.717) is 24.3 Å². The van der Waals surface area contributed by atoms with Crippen molar-refractivity contribution in [1.29, 1.82) is 0 Å². The number of benzene rings is 1. The van der Waals surface area contributed by atoms with Crippen molar-refractivity contribution in [2.24, 2.45) is 0 Å². The van der Waals surface area contributed by atoms with E-state index < -0.39 is 23.8 Å². The number of carbonyl (C=O) groups is 3. The van der Waals surface area contributed by atoms with Crippen LogP contribution in [0.25, 0.3) is 6.08 Å². The Hall–Kier alpha value is -2.48. The van der Waals surface area contributed by atoms with Crippen LogP contribution in [-0.2, 0) is 14.3 Å². The van der Waals surface area contributed by atoms with Gasteiger partial charge in [0.1, 0.15) is 17.7 Å². The van der Waals surface area contributed by atoms with Gasteiger partial charge in [-0.3, -0.25) is 9.59 Å². The molecular formula is C25H39N3O4S. The van der Waals surface area contributed by atoms with E-state index in [-0.39, 0.29) is 17.9 Å². The maximum atomic E-state index is 13.7. The minimum atomic E-state index is -0.845. The van der Waals surface area contributed by atoms with Gasteiger partial charge in [-0.1, -0.05) is 30.9 Å². The van der Waals surface area contributed by atoms with Gasteiger partial charge in [0.25, 0.3) is 0 Å². The molecule has 1 aromatic rings. The van der Waals surface area contributed by atoms with E-state index in [9.17, 15) is 14.4 Å². The Morgan fingerprint density at radius 3 is 2.39 bits per heavy atom. The Labute approximate surface area is 202 Å². The zero-order valence-corrected chi connectivity index (χ0v) is 21.8. The molecule has 7 nitrogen and oxygen atoms in total. The lowest BCUT2D eigenvalue weighted by Crippen LogP contribution is -2.53. The second-order valence-electron chi connectivity index (χ2n) is 9.04.